The Morgan fingerprint density at radius 1 is 1.62 bits per heavy atom. The molecule has 47 valence electrons. The van der Waals surface area contributed by atoms with E-state index in [4.69, 9.17) is 10.8 Å². The minimum absolute atomic E-state index is 0.720. The van der Waals surface area contributed by atoms with Gasteiger partial charge in [0, 0.05) is 0 Å². The Bertz CT molecular complexity index is 90.4. The SMILES string of the molecule is C[C](C)[C@H](N)C(=O)O. The van der Waals surface area contributed by atoms with Gasteiger partial charge in [-0.25, -0.2) is 0 Å². The fourth-order valence-electron chi connectivity index (χ4n) is 0.247. The summed E-state index contributed by atoms with van der Waals surface area (Å²) < 4.78 is 0. The summed E-state index contributed by atoms with van der Waals surface area (Å²) in [6.45, 7) is 3.39. The van der Waals surface area contributed by atoms with Gasteiger partial charge in [0.05, 0.1) is 0 Å². The maximum Gasteiger partial charge on any atom is 0.321 e. The molecule has 3 heteroatoms. The third-order valence-corrected chi connectivity index (χ3v) is 0.888. The summed E-state index contributed by atoms with van der Waals surface area (Å²) >= 11 is 0. The zero-order valence-corrected chi connectivity index (χ0v) is 5.01. The van der Waals surface area contributed by atoms with Crippen LogP contribution < -0.4 is 5.73 Å². The van der Waals surface area contributed by atoms with Crippen molar-refractivity contribution in [1.29, 1.82) is 0 Å². The van der Waals surface area contributed by atoms with Crippen molar-refractivity contribution in [3.05, 3.63) is 5.92 Å². The first-order valence-electron chi connectivity index (χ1n) is 2.34. The summed E-state index contributed by atoms with van der Waals surface area (Å²) in [6, 6.07) is -0.796. The molecule has 0 amide bonds. The molecule has 0 heterocycles. The zero-order valence-electron chi connectivity index (χ0n) is 5.01. The van der Waals surface area contributed by atoms with Gasteiger partial charge in [0.2, 0.25) is 0 Å². The Hall–Kier alpha value is -0.570. The highest BCUT2D eigenvalue weighted by Gasteiger charge is 2.14. The lowest BCUT2D eigenvalue weighted by Crippen LogP contribution is -2.33. The van der Waals surface area contributed by atoms with Crippen LogP contribution in [-0.2, 0) is 4.79 Å². The molecule has 0 unspecified atom stereocenters. The van der Waals surface area contributed by atoms with Crippen molar-refractivity contribution < 1.29 is 9.90 Å². The molecule has 0 aromatic carbocycles. The second-order valence-corrected chi connectivity index (χ2v) is 1.89. The number of aliphatic carboxylic acids is 1. The van der Waals surface area contributed by atoms with Gasteiger partial charge in [-0.05, 0) is 5.92 Å². The molecule has 3 nitrogen and oxygen atoms in total. The molecule has 1 radical (unpaired) electrons. The van der Waals surface area contributed by atoms with E-state index >= 15 is 0 Å². The number of hydrogen-bond donors (Lipinski definition) is 2. The number of nitrogens with two attached hydrogens (primary N) is 1. The number of carboxylic acid groups (broad SMARTS) is 1. The monoisotopic (exact) mass is 116 g/mol. The first-order chi connectivity index (χ1) is 3.55. The van der Waals surface area contributed by atoms with E-state index in [2.05, 4.69) is 0 Å². The Labute approximate surface area is 48.5 Å². The first-order valence-corrected chi connectivity index (χ1v) is 2.34. The highest BCUT2D eigenvalue weighted by molar-refractivity contribution is 5.75. The largest absolute Gasteiger partial charge is 0.480 e. The Morgan fingerprint density at radius 3 is 2.00 bits per heavy atom. The Morgan fingerprint density at radius 2 is 2.00 bits per heavy atom. The van der Waals surface area contributed by atoms with Crippen LogP contribution in [0.2, 0.25) is 0 Å². The normalized spacial score (nSPS) is 14.0. The average Bonchev–Trinajstić information content (AvgIpc) is 1.64. The van der Waals surface area contributed by atoms with Crippen LogP contribution in [0.4, 0.5) is 0 Å². The quantitative estimate of drug-likeness (QED) is 0.534. The summed E-state index contributed by atoms with van der Waals surface area (Å²) in [7, 11) is 0. The number of hydrogen-bond acceptors (Lipinski definition) is 2. The van der Waals surface area contributed by atoms with E-state index in [-0.39, 0.29) is 0 Å². The van der Waals surface area contributed by atoms with Gasteiger partial charge in [0.25, 0.3) is 0 Å². The molecule has 0 saturated heterocycles. The molecule has 0 aliphatic carbocycles. The van der Waals surface area contributed by atoms with Crippen molar-refractivity contribution in [3.8, 4) is 0 Å². The van der Waals surface area contributed by atoms with Crippen LogP contribution in [0.3, 0.4) is 0 Å². The lowest BCUT2D eigenvalue weighted by atomic mass is 10.1. The molecule has 8 heavy (non-hydrogen) atoms. The van der Waals surface area contributed by atoms with Gasteiger partial charge in [-0.2, -0.15) is 0 Å². The molecule has 0 saturated carbocycles. The molecule has 0 aromatic heterocycles. The lowest BCUT2D eigenvalue weighted by molar-refractivity contribution is -0.138. The summed E-state index contributed by atoms with van der Waals surface area (Å²) in [5.74, 6) is -0.248. The summed E-state index contributed by atoms with van der Waals surface area (Å²) in [4.78, 5) is 9.99. The van der Waals surface area contributed by atoms with Gasteiger partial charge >= 0.3 is 5.97 Å². The molecule has 0 aromatic rings. The second-order valence-electron chi connectivity index (χ2n) is 1.89. The maximum absolute atomic E-state index is 9.99. The van der Waals surface area contributed by atoms with Crippen LogP contribution >= 0.6 is 0 Å². The van der Waals surface area contributed by atoms with Gasteiger partial charge in [-0.3, -0.25) is 4.79 Å². The minimum Gasteiger partial charge on any atom is -0.480 e. The van der Waals surface area contributed by atoms with Gasteiger partial charge < -0.3 is 10.8 Å². The third kappa shape index (κ3) is 1.93. The standard InChI is InChI=1S/C5H10NO2/c1-3(2)4(6)5(7)8/h4H,6H2,1-2H3,(H,7,8)/t4-/m0/s1. The molecular formula is C5H10NO2. The van der Waals surface area contributed by atoms with Crippen LogP contribution in [0.15, 0.2) is 0 Å². The van der Waals surface area contributed by atoms with E-state index in [1.54, 1.807) is 13.8 Å². The fourth-order valence-corrected chi connectivity index (χ4v) is 0.247. The number of rotatable bonds is 2. The van der Waals surface area contributed by atoms with Crippen molar-refractivity contribution in [2.75, 3.05) is 0 Å². The van der Waals surface area contributed by atoms with Gasteiger partial charge in [-0.15, -0.1) is 0 Å². The molecule has 0 fully saturated rings. The zero-order chi connectivity index (χ0) is 6.73. The van der Waals surface area contributed by atoms with Crippen molar-refractivity contribution in [2.24, 2.45) is 5.73 Å². The summed E-state index contributed by atoms with van der Waals surface area (Å²) in [5.41, 5.74) is 5.12. The fraction of sp³-hybridized carbons (Fsp3) is 0.600. The lowest BCUT2D eigenvalue weighted by Gasteiger charge is -2.07. The molecule has 1 atom stereocenters. The molecule has 0 rings (SSSR count). The summed E-state index contributed by atoms with van der Waals surface area (Å²) in [6.07, 6.45) is 0. The number of carboxylic acids is 1. The minimum atomic E-state index is -0.968. The molecule has 0 aliphatic heterocycles. The van der Waals surface area contributed by atoms with E-state index in [1.807, 2.05) is 0 Å². The second kappa shape index (κ2) is 2.67. The smallest absolute Gasteiger partial charge is 0.321 e. The average molecular weight is 116 g/mol. The van der Waals surface area contributed by atoms with Gasteiger partial charge in [-0.1, -0.05) is 13.8 Å². The highest BCUT2D eigenvalue weighted by Crippen LogP contribution is 1.99. The van der Waals surface area contributed by atoms with E-state index in [0.29, 0.717) is 0 Å². The van der Waals surface area contributed by atoms with Crippen LogP contribution in [0.25, 0.3) is 0 Å². The van der Waals surface area contributed by atoms with Crippen molar-refractivity contribution in [2.45, 2.75) is 19.9 Å². The highest BCUT2D eigenvalue weighted by atomic mass is 16.4. The third-order valence-electron chi connectivity index (χ3n) is 0.888. The molecule has 3 N–H and O–H groups in total. The maximum atomic E-state index is 9.99. The molecule has 0 bridgehead atoms. The van der Waals surface area contributed by atoms with Crippen molar-refractivity contribution in [3.63, 3.8) is 0 Å². The van der Waals surface area contributed by atoms with E-state index in [9.17, 15) is 4.79 Å². The van der Waals surface area contributed by atoms with Gasteiger partial charge in [0.15, 0.2) is 0 Å². The summed E-state index contributed by atoms with van der Waals surface area (Å²) in [5, 5.41) is 8.21. The molecular weight excluding hydrogens is 106 g/mol. The van der Waals surface area contributed by atoms with Crippen LogP contribution in [0.1, 0.15) is 13.8 Å². The number of carbonyl (C=O) groups is 1. The Balaban J connectivity index is 3.64. The van der Waals surface area contributed by atoms with E-state index < -0.39 is 12.0 Å². The van der Waals surface area contributed by atoms with Crippen LogP contribution in [-0.4, -0.2) is 17.1 Å². The first kappa shape index (κ1) is 7.43. The van der Waals surface area contributed by atoms with E-state index in [0.717, 1.165) is 5.92 Å². The predicted molar refractivity (Wildman–Crippen MR) is 30.2 cm³/mol. The van der Waals surface area contributed by atoms with Crippen molar-refractivity contribution in [1.82, 2.24) is 0 Å². The van der Waals surface area contributed by atoms with Crippen LogP contribution in [0, 0.1) is 5.92 Å². The van der Waals surface area contributed by atoms with Crippen molar-refractivity contribution >= 4 is 5.97 Å². The predicted octanol–water partition coefficient (Wildman–Crippen LogP) is 0.0126. The Kier molecular flexibility index (Phi) is 2.48. The molecule has 0 aliphatic rings. The van der Waals surface area contributed by atoms with Gasteiger partial charge in [0.1, 0.15) is 6.04 Å². The van der Waals surface area contributed by atoms with Crippen LogP contribution in [0.5, 0.6) is 0 Å². The molecule has 0 spiro atoms. The topological polar surface area (TPSA) is 63.3 Å². The van der Waals surface area contributed by atoms with E-state index in [1.165, 1.54) is 0 Å².